The highest BCUT2D eigenvalue weighted by Crippen LogP contribution is 2.16. The summed E-state index contributed by atoms with van der Waals surface area (Å²) in [7, 11) is -3.65. The van der Waals surface area contributed by atoms with E-state index in [2.05, 4.69) is 14.9 Å². The summed E-state index contributed by atoms with van der Waals surface area (Å²) in [6, 6.07) is 7.66. The predicted molar refractivity (Wildman–Crippen MR) is 77.7 cm³/mol. The van der Waals surface area contributed by atoms with Crippen molar-refractivity contribution in [1.29, 1.82) is 0 Å². The minimum absolute atomic E-state index is 0.0193. The van der Waals surface area contributed by atoms with Crippen molar-refractivity contribution in [2.24, 2.45) is 0 Å². The van der Waals surface area contributed by atoms with Crippen LogP contribution in [0.4, 0.5) is 5.82 Å². The molecule has 0 spiro atoms. The van der Waals surface area contributed by atoms with Gasteiger partial charge < -0.3 is 5.73 Å². The van der Waals surface area contributed by atoms with E-state index in [0.29, 0.717) is 6.42 Å². The second-order valence-electron chi connectivity index (χ2n) is 4.80. The molecular formula is C13H18N4O2S. The van der Waals surface area contributed by atoms with E-state index in [1.807, 2.05) is 38.1 Å². The van der Waals surface area contributed by atoms with Crippen LogP contribution in [0.15, 0.2) is 35.4 Å². The van der Waals surface area contributed by atoms with Crippen LogP contribution >= 0.6 is 0 Å². The molecule has 0 amide bonds. The summed E-state index contributed by atoms with van der Waals surface area (Å²) in [6.07, 6.45) is 1.82. The van der Waals surface area contributed by atoms with Gasteiger partial charge in [-0.1, -0.05) is 24.3 Å². The van der Waals surface area contributed by atoms with E-state index in [-0.39, 0.29) is 16.8 Å². The van der Waals surface area contributed by atoms with E-state index < -0.39 is 10.0 Å². The van der Waals surface area contributed by atoms with Gasteiger partial charge >= 0.3 is 0 Å². The quantitative estimate of drug-likeness (QED) is 0.771. The Labute approximate surface area is 118 Å². The molecule has 2 rings (SSSR count). The average Bonchev–Trinajstić information content (AvgIpc) is 2.78. The zero-order chi connectivity index (χ0) is 14.8. The molecule has 0 radical (unpaired) electrons. The van der Waals surface area contributed by atoms with Crippen molar-refractivity contribution in [2.75, 3.05) is 5.73 Å². The fraction of sp³-hybridized carbons (Fsp3) is 0.308. The first-order valence-corrected chi connectivity index (χ1v) is 7.74. The molecule has 7 heteroatoms. The number of rotatable bonds is 5. The molecule has 4 N–H and O–H groups in total. The number of H-pyrrole nitrogens is 1. The molecule has 0 bridgehead atoms. The van der Waals surface area contributed by atoms with Crippen molar-refractivity contribution in [3.05, 3.63) is 41.6 Å². The van der Waals surface area contributed by atoms with Crippen LogP contribution in [0, 0.1) is 6.92 Å². The second-order valence-corrected chi connectivity index (χ2v) is 6.48. The number of aryl methyl sites for hydroxylation is 1. The first-order valence-electron chi connectivity index (χ1n) is 6.26. The summed E-state index contributed by atoms with van der Waals surface area (Å²) in [5, 5.41) is 6.04. The van der Waals surface area contributed by atoms with E-state index in [0.717, 1.165) is 11.1 Å². The van der Waals surface area contributed by atoms with Crippen molar-refractivity contribution in [2.45, 2.75) is 31.2 Å². The Bertz CT molecular complexity index is 694. The molecule has 1 unspecified atom stereocenters. The SMILES string of the molecule is Cc1ccccc1CC(C)NS(=O)(=O)c1cn[nH]c1N. The number of hydrogen-bond donors (Lipinski definition) is 3. The van der Waals surface area contributed by atoms with Crippen molar-refractivity contribution < 1.29 is 8.42 Å². The molecule has 2 aromatic rings. The van der Waals surface area contributed by atoms with E-state index in [1.165, 1.54) is 6.20 Å². The maximum Gasteiger partial charge on any atom is 0.246 e. The van der Waals surface area contributed by atoms with Gasteiger partial charge in [-0.05, 0) is 31.4 Å². The zero-order valence-electron chi connectivity index (χ0n) is 11.4. The van der Waals surface area contributed by atoms with Gasteiger partial charge in [0.25, 0.3) is 0 Å². The number of nitrogens with zero attached hydrogens (tertiary/aromatic N) is 1. The van der Waals surface area contributed by atoms with Gasteiger partial charge in [-0.2, -0.15) is 5.10 Å². The Morgan fingerprint density at radius 1 is 1.40 bits per heavy atom. The molecule has 1 heterocycles. The molecule has 1 aromatic heterocycles. The van der Waals surface area contributed by atoms with E-state index in [1.54, 1.807) is 0 Å². The summed E-state index contributed by atoms with van der Waals surface area (Å²) in [5.41, 5.74) is 7.80. The topological polar surface area (TPSA) is 101 Å². The first-order chi connectivity index (χ1) is 9.40. The number of sulfonamides is 1. The van der Waals surface area contributed by atoms with Crippen molar-refractivity contribution in [1.82, 2.24) is 14.9 Å². The summed E-state index contributed by atoms with van der Waals surface area (Å²) >= 11 is 0. The van der Waals surface area contributed by atoms with Crippen LogP contribution in [0.1, 0.15) is 18.1 Å². The Balaban J connectivity index is 2.11. The Hall–Kier alpha value is -1.86. The van der Waals surface area contributed by atoms with Gasteiger partial charge in [-0.25, -0.2) is 13.1 Å². The molecule has 0 aliphatic rings. The standard InChI is InChI=1S/C13H18N4O2S/c1-9-5-3-4-6-11(9)7-10(2)17-20(18,19)12-8-15-16-13(12)14/h3-6,8,10,17H,7H2,1-2H3,(H3,14,15,16). The molecule has 0 saturated heterocycles. The molecule has 0 saturated carbocycles. The van der Waals surface area contributed by atoms with E-state index >= 15 is 0 Å². The number of nitrogens with one attached hydrogen (secondary N) is 2. The van der Waals surface area contributed by atoms with Crippen LogP contribution in [0.5, 0.6) is 0 Å². The highest BCUT2D eigenvalue weighted by Gasteiger charge is 2.21. The average molecular weight is 294 g/mol. The van der Waals surface area contributed by atoms with Gasteiger partial charge in [0.15, 0.2) is 0 Å². The molecule has 1 aromatic carbocycles. The third-order valence-corrected chi connectivity index (χ3v) is 4.68. The van der Waals surface area contributed by atoms with Crippen LogP contribution in [0.25, 0.3) is 0 Å². The second kappa shape index (κ2) is 5.64. The van der Waals surface area contributed by atoms with Crippen LogP contribution in [-0.2, 0) is 16.4 Å². The number of nitrogens with two attached hydrogens (primary N) is 1. The van der Waals surface area contributed by atoms with Gasteiger partial charge in [0.05, 0.1) is 6.20 Å². The van der Waals surface area contributed by atoms with E-state index in [9.17, 15) is 8.42 Å². The lowest BCUT2D eigenvalue weighted by molar-refractivity contribution is 0.560. The number of aromatic amines is 1. The molecule has 0 aliphatic heterocycles. The zero-order valence-corrected chi connectivity index (χ0v) is 12.2. The van der Waals surface area contributed by atoms with Crippen LogP contribution in [0.2, 0.25) is 0 Å². The number of aromatic nitrogens is 2. The normalized spacial score (nSPS) is 13.3. The number of nitrogen functional groups attached to an aromatic ring is 1. The molecule has 20 heavy (non-hydrogen) atoms. The molecule has 0 aliphatic carbocycles. The number of benzene rings is 1. The Morgan fingerprint density at radius 3 is 2.70 bits per heavy atom. The monoisotopic (exact) mass is 294 g/mol. The minimum atomic E-state index is -3.65. The van der Waals surface area contributed by atoms with Crippen molar-refractivity contribution in [3.63, 3.8) is 0 Å². The lowest BCUT2D eigenvalue weighted by Gasteiger charge is -2.15. The summed E-state index contributed by atoms with van der Waals surface area (Å²) < 4.78 is 26.9. The lowest BCUT2D eigenvalue weighted by Crippen LogP contribution is -2.34. The fourth-order valence-electron chi connectivity index (χ4n) is 2.04. The van der Waals surface area contributed by atoms with Crippen molar-refractivity contribution in [3.8, 4) is 0 Å². The lowest BCUT2D eigenvalue weighted by atomic mass is 10.0. The highest BCUT2D eigenvalue weighted by atomic mass is 32.2. The predicted octanol–water partition coefficient (Wildman–Crippen LogP) is 1.21. The van der Waals surface area contributed by atoms with Gasteiger partial charge in [-0.15, -0.1) is 0 Å². The third kappa shape index (κ3) is 3.17. The van der Waals surface area contributed by atoms with Gasteiger partial charge in [0, 0.05) is 6.04 Å². The van der Waals surface area contributed by atoms with Gasteiger partial charge in [-0.3, -0.25) is 5.10 Å². The summed E-state index contributed by atoms with van der Waals surface area (Å²) in [4.78, 5) is -0.0193. The summed E-state index contributed by atoms with van der Waals surface area (Å²) in [5.74, 6) is 0.0422. The smallest absolute Gasteiger partial charge is 0.246 e. The minimum Gasteiger partial charge on any atom is -0.383 e. The van der Waals surface area contributed by atoms with Crippen LogP contribution < -0.4 is 10.5 Å². The molecular weight excluding hydrogens is 276 g/mol. The number of anilines is 1. The fourth-order valence-corrected chi connectivity index (χ4v) is 3.30. The maximum absolute atomic E-state index is 12.1. The van der Waals surface area contributed by atoms with Crippen molar-refractivity contribution >= 4 is 15.8 Å². The van der Waals surface area contributed by atoms with Gasteiger partial charge in [0.1, 0.15) is 10.7 Å². The highest BCUT2D eigenvalue weighted by molar-refractivity contribution is 7.89. The molecule has 6 nitrogen and oxygen atoms in total. The van der Waals surface area contributed by atoms with Crippen LogP contribution in [0.3, 0.4) is 0 Å². The third-order valence-electron chi connectivity index (χ3n) is 3.07. The first kappa shape index (κ1) is 14.5. The molecule has 1 atom stereocenters. The summed E-state index contributed by atoms with van der Waals surface area (Å²) in [6.45, 7) is 3.82. The number of hydrogen-bond acceptors (Lipinski definition) is 4. The molecule has 0 fully saturated rings. The van der Waals surface area contributed by atoms with Crippen LogP contribution in [-0.4, -0.2) is 24.7 Å². The Kier molecular flexibility index (Phi) is 4.10. The maximum atomic E-state index is 12.1. The molecule has 108 valence electrons. The van der Waals surface area contributed by atoms with E-state index in [4.69, 9.17) is 5.73 Å². The largest absolute Gasteiger partial charge is 0.383 e. The Morgan fingerprint density at radius 2 is 2.10 bits per heavy atom. The van der Waals surface area contributed by atoms with Gasteiger partial charge in [0.2, 0.25) is 10.0 Å².